The van der Waals surface area contributed by atoms with E-state index >= 15 is 0 Å². The average Bonchev–Trinajstić information content (AvgIpc) is 2.94. The Morgan fingerprint density at radius 2 is 1.95 bits per heavy atom. The van der Waals surface area contributed by atoms with Crippen molar-refractivity contribution in [2.45, 2.75) is 13.0 Å². The zero-order valence-electron chi connectivity index (χ0n) is 10.8. The second-order valence-electron chi connectivity index (χ2n) is 4.36. The van der Waals surface area contributed by atoms with Gasteiger partial charge in [-0.25, -0.2) is 14.6 Å². The van der Waals surface area contributed by atoms with Crippen LogP contribution in [0.25, 0.3) is 11.0 Å². The predicted molar refractivity (Wildman–Crippen MR) is 77.1 cm³/mol. The van der Waals surface area contributed by atoms with Gasteiger partial charge in [-0.1, -0.05) is 6.07 Å². The van der Waals surface area contributed by atoms with Crippen LogP contribution in [0.1, 0.15) is 11.4 Å². The second-order valence-corrected chi connectivity index (χ2v) is 5.27. The number of rotatable bonds is 4. The van der Waals surface area contributed by atoms with Crippen molar-refractivity contribution in [2.75, 3.05) is 0 Å². The van der Waals surface area contributed by atoms with Crippen molar-refractivity contribution >= 4 is 32.9 Å². The molecule has 0 saturated carbocycles. The molecule has 3 rings (SSSR count). The van der Waals surface area contributed by atoms with E-state index in [-0.39, 0.29) is 12.3 Å². The number of nitrogens with one attached hydrogen (secondary N) is 1. The van der Waals surface area contributed by atoms with Crippen molar-refractivity contribution in [3.63, 3.8) is 0 Å². The predicted octanol–water partition coefficient (Wildman–Crippen LogP) is 1.63. The third-order valence-electron chi connectivity index (χ3n) is 2.80. The van der Waals surface area contributed by atoms with E-state index in [4.69, 9.17) is 0 Å². The number of aromatic nitrogens is 4. The van der Waals surface area contributed by atoms with Gasteiger partial charge in [0.15, 0.2) is 0 Å². The van der Waals surface area contributed by atoms with Gasteiger partial charge in [-0.2, -0.15) is 0 Å². The molecule has 0 radical (unpaired) electrons. The lowest BCUT2D eigenvalue weighted by Gasteiger charge is -2.04. The van der Waals surface area contributed by atoms with Crippen LogP contribution in [0.2, 0.25) is 0 Å². The fraction of sp³-hybridized carbons (Fsp3) is 0.154. The van der Waals surface area contributed by atoms with Crippen LogP contribution in [0, 0.1) is 0 Å². The molecule has 0 spiro atoms. The van der Waals surface area contributed by atoms with Gasteiger partial charge < -0.3 is 5.32 Å². The number of hydrogen-bond donors (Lipinski definition) is 1. The molecule has 0 unspecified atom stereocenters. The molecule has 0 aliphatic heterocycles. The van der Waals surface area contributed by atoms with Gasteiger partial charge in [0, 0.05) is 12.4 Å². The molecule has 21 heavy (non-hydrogen) atoms. The van der Waals surface area contributed by atoms with E-state index in [0.717, 1.165) is 10.0 Å². The first kappa shape index (κ1) is 13.6. The smallest absolute Gasteiger partial charge is 0.224 e. The monoisotopic (exact) mass is 347 g/mol. The number of nitrogens with zero attached hydrogens (tertiary/aromatic N) is 4. The number of fused-ring (bicyclic) bond motifs is 1. The maximum atomic E-state index is 11.9. The van der Waals surface area contributed by atoms with Gasteiger partial charge in [-0.05, 0) is 43.9 Å². The molecule has 0 bridgehead atoms. The highest BCUT2D eigenvalue weighted by molar-refractivity contribution is 9.10. The summed E-state index contributed by atoms with van der Waals surface area (Å²) in [5, 5.41) is 10.2. The van der Waals surface area contributed by atoms with Crippen LogP contribution in [0.5, 0.6) is 0 Å². The molecule has 7 nitrogen and oxygen atoms in total. The molecule has 8 heteroatoms. The van der Waals surface area contributed by atoms with Crippen molar-refractivity contribution in [3.05, 3.63) is 46.5 Å². The summed E-state index contributed by atoms with van der Waals surface area (Å²) in [7, 11) is 0. The van der Waals surface area contributed by atoms with E-state index < -0.39 is 0 Å². The van der Waals surface area contributed by atoms with Gasteiger partial charge in [0.25, 0.3) is 0 Å². The molecular formula is C13H10BrN5O2. The number of halogens is 1. The van der Waals surface area contributed by atoms with Crippen LogP contribution in [-0.2, 0) is 17.8 Å². The Balaban J connectivity index is 1.59. The summed E-state index contributed by atoms with van der Waals surface area (Å²) in [5.41, 5.74) is 2.14. The minimum Gasteiger partial charge on any atom is -0.349 e. The minimum absolute atomic E-state index is 0.114. The quantitative estimate of drug-likeness (QED) is 0.770. The number of hydrogen-bond acceptors (Lipinski definition) is 6. The topological polar surface area (TPSA) is 93.8 Å². The summed E-state index contributed by atoms with van der Waals surface area (Å²) in [6.45, 7) is 0.292. The summed E-state index contributed by atoms with van der Waals surface area (Å²) < 4.78 is 5.42. The van der Waals surface area contributed by atoms with Crippen molar-refractivity contribution in [1.29, 1.82) is 0 Å². The van der Waals surface area contributed by atoms with Gasteiger partial charge >= 0.3 is 0 Å². The van der Waals surface area contributed by atoms with Crippen molar-refractivity contribution in [1.82, 2.24) is 25.6 Å². The lowest BCUT2D eigenvalue weighted by Crippen LogP contribution is -2.25. The summed E-state index contributed by atoms with van der Waals surface area (Å²) in [6.07, 6.45) is 3.53. The van der Waals surface area contributed by atoms with Crippen LogP contribution >= 0.6 is 15.9 Å². The van der Waals surface area contributed by atoms with Gasteiger partial charge in [-0.3, -0.25) is 4.79 Å². The van der Waals surface area contributed by atoms with E-state index in [0.29, 0.717) is 23.4 Å². The summed E-state index contributed by atoms with van der Waals surface area (Å²) in [6, 6.07) is 5.37. The van der Waals surface area contributed by atoms with E-state index in [1.165, 1.54) is 0 Å². The number of carbonyl (C=O) groups excluding carboxylic acids is 1. The van der Waals surface area contributed by atoms with Gasteiger partial charge in [0.1, 0.15) is 16.9 Å². The van der Waals surface area contributed by atoms with Crippen molar-refractivity contribution < 1.29 is 9.42 Å². The molecule has 0 fully saturated rings. The van der Waals surface area contributed by atoms with Crippen LogP contribution in [0.4, 0.5) is 0 Å². The molecule has 1 aromatic carbocycles. The summed E-state index contributed by atoms with van der Waals surface area (Å²) >= 11 is 3.26. The molecule has 1 amide bonds. The van der Waals surface area contributed by atoms with Crippen molar-refractivity contribution in [3.8, 4) is 0 Å². The third-order valence-corrected chi connectivity index (χ3v) is 3.21. The van der Waals surface area contributed by atoms with Crippen LogP contribution in [0.3, 0.4) is 0 Å². The molecule has 1 N–H and O–H groups in total. The number of amides is 1. The summed E-state index contributed by atoms with van der Waals surface area (Å²) in [4.78, 5) is 20.1. The lowest BCUT2D eigenvalue weighted by atomic mass is 10.1. The SMILES string of the molecule is O=C(Cc1ccc2nonc2c1)NCc1ncc(Br)cn1. The zero-order valence-corrected chi connectivity index (χ0v) is 12.4. The Labute approximate surface area is 127 Å². The van der Waals surface area contributed by atoms with E-state index in [9.17, 15) is 4.79 Å². The normalized spacial score (nSPS) is 10.7. The highest BCUT2D eigenvalue weighted by atomic mass is 79.9. The van der Waals surface area contributed by atoms with Gasteiger partial charge in [0.2, 0.25) is 5.91 Å². The standard InChI is InChI=1S/C13H10BrN5O2/c14-9-5-15-12(16-6-9)7-17-13(20)4-8-1-2-10-11(3-8)19-21-18-10/h1-3,5-6H,4,7H2,(H,17,20). The summed E-state index contributed by atoms with van der Waals surface area (Å²) in [5.74, 6) is 0.444. The fourth-order valence-electron chi connectivity index (χ4n) is 1.79. The molecule has 0 aliphatic rings. The van der Waals surface area contributed by atoms with E-state index in [1.54, 1.807) is 24.5 Å². The molecule has 2 aromatic heterocycles. The zero-order chi connectivity index (χ0) is 14.7. The maximum absolute atomic E-state index is 11.9. The van der Waals surface area contributed by atoms with Crippen LogP contribution in [-0.4, -0.2) is 26.2 Å². The first-order chi connectivity index (χ1) is 10.2. The Morgan fingerprint density at radius 3 is 2.76 bits per heavy atom. The number of carbonyl (C=O) groups is 1. The van der Waals surface area contributed by atoms with Gasteiger partial charge in [-0.15, -0.1) is 0 Å². The lowest BCUT2D eigenvalue weighted by molar-refractivity contribution is -0.120. The van der Waals surface area contributed by atoms with Gasteiger partial charge in [0.05, 0.1) is 17.4 Å². The first-order valence-electron chi connectivity index (χ1n) is 6.15. The molecule has 0 saturated heterocycles. The average molecular weight is 348 g/mol. The molecule has 106 valence electrons. The fourth-order valence-corrected chi connectivity index (χ4v) is 2.00. The molecular weight excluding hydrogens is 338 g/mol. The third kappa shape index (κ3) is 3.40. The Morgan fingerprint density at radius 1 is 1.19 bits per heavy atom. The second kappa shape index (κ2) is 5.96. The molecule has 0 aliphatic carbocycles. The maximum Gasteiger partial charge on any atom is 0.224 e. The Kier molecular flexibility index (Phi) is 3.87. The highest BCUT2D eigenvalue weighted by Crippen LogP contribution is 2.12. The largest absolute Gasteiger partial charge is 0.349 e. The van der Waals surface area contributed by atoms with E-state index in [2.05, 4.69) is 46.2 Å². The highest BCUT2D eigenvalue weighted by Gasteiger charge is 2.07. The number of benzene rings is 1. The molecule has 3 aromatic rings. The Bertz CT molecular complexity index is 772. The van der Waals surface area contributed by atoms with Crippen LogP contribution in [0.15, 0.2) is 39.7 Å². The molecule has 0 atom stereocenters. The van der Waals surface area contributed by atoms with E-state index in [1.807, 2.05) is 6.07 Å². The first-order valence-corrected chi connectivity index (χ1v) is 6.94. The molecule has 2 heterocycles. The van der Waals surface area contributed by atoms with Crippen molar-refractivity contribution in [2.24, 2.45) is 0 Å². The minimum atomic E-state index is -0.114. The Hall–Kier alpha value is -2.35. The van der Waals surface area contributed by atoms with Crippen LogP contribution < -0.4 is 5.32 Å².